The van der Waals surface area contributed by atoms with Crippen molar-refractivity contribution in [2.24, 2.45) is 5.41 Å². The van der Waals surface area contributed by atoms with Crippen molar-refractivity contribution in [3.05, 3.63) is 29.3 Å². The Bertz CT molecular complexity index is 502. The number of anilines is 1. The summed E-state index contributed by atoms with van der Waals surface area (Å²) in [5.41, 5.74) is 4.96. The van der Waals surface area contributed by atoms with Gasteiger partial charge in [0.15, 0.2) is 0 Å². The Labute approximate surface area is 127 Å². The highest BCUT2D eigenvalue weighted by atomic mass is 16.5. The van der Waals surface area contributed by atoms with E-state index < -0.39 is 0 Å². The quantitative estimate of drug-likeness (QED) is 0.904. The van der Waals surface area contributed by atoms with Crippen LogP contribution in [0.15, 0.2) is 18.2 Å². The Morgan fingerprint density at radius 1 is 1.19 bits per heavy atom. The number of nitrogens with zero attached hydrogens (tertiary/aromatic N) is 1. The lowest BCUT2D eigenvalue weighted by molar-refractivity contribution is -0.0290. The van der Waals surface area contributed by atoms with Crippen molar-refractivity contribution in [2.75, 3.05) is 38.2 Å². The normalized spacial score (nSPS) is 24.8. The highest BCUT2D eigenvalue weighted by Gasteiger charge is 2.37. The minimum Gasteiger partial charge on any atom is -0.384 e. The molecule has 2 fully saturated rings. The summed E-state index contributed by atoms with van der Waals surface area (Å²) in [6, 6.07) is 6.81. The summed E-state index contributed by atoms with van der Waals surface area (Å²) in [6.07, 6.45) is 6.45. The molecule has 3 heterocycles. The van der Waals surface area contributed by atoms with Crippen LogP contribution in [0, 0.1) is 5.41 Å². The van der Waals surface area contributed by atoms with E-state index in [0.29, 0.717) is 5.41 Å². The van der Waals surface area contributed by atoms with Crippen LogP contribution in [0.4, 0.5) is 5.69 Å². The van der Waals surface area contributed by atoms with Crippen LogP contribution < -0.4 is 5.32 Å². The molecule has 4 rings (SSSR count). The van der Waals surface area contributed by atoms with Gasteiger partial charge in [0.25, 0.3) is 0 Å². The van der Waals surface area contributed by atoms with Gasteiger partial charge in [0.05, 0.1) is 0 Å². The zero-order valence-electron chi connectivity index (χ0n) is 12.9. The first-order valence-corrected chi connectivity index (χ1v) is 8.49. The van der Waals surface area contributed by atoms with E-state index in [-0.39, 0.29) is 0 Å². The van der Waals surface area contributed by atoms with Gasteiger partial charge in [0.2, 0.25) is 0 Å². The number of hydrogen-bond acceptors (Lipinski definition) is 3. The number of para-hydroxylation sites is 1. The van der Waals surface area contributed by atoms with Crippen molar-refractivity contribution >= 4 is 5.69 Å². The van der Waals surface area contributed by atoms with Crippen molar-refractivity contribution < 1.29 is 4.74 Å². The van der Waals surface area contributed by atoms with E-state index in [1.54, 1.807) is 0 Å². The first-order valence-electron chi connectivity index (χ1n) is 8.49. The molecule has 1 aromatic carbocycles. The topological polar surface area (TPSA) is 24.5 Å². The van der Waals surface area contributed by atoms with Gasteiger partial charge in [0, 0.05) is 38.5 Å². The molecular weight excluding hydrogens is 260 g/mol. The summed E-state index contributed by atoms with van der Waals surface area (Å²) in [4.78, 5) is 2.68. The molecule has 0 atom stereocenters. The van der Waals surface area contributed by atoms with Crippen molar-refractivity contribution in [2.45, 2.75) is 38.6 Å². The smallest absolute Gasteiger partial charge is 0.0471 e. The fourth-order valence-corrected chi connectivity index (χ4v) is 4.44. The average Bonchev–Trinajstić information content (AvgIpc) is 2.98. The number of ether oxygens (including phenoxy) is 1. The molecular formula is C18H26N2O. The SMILES string of the molecule is c1cc2c(c(CN3CCCC4(CCOCC4)C3)c1)NCC2. The Morgan fingerprint density at radius 2 is 2.10 bits per heavy atom. The van der Waals surface area contributed by atoms with E-state index in [1.807, 2.05) is 0 Å². The highest BCUT2D eigenvalue weighted by Crippen LogP contribution is 2.40. The summed E-state index contributed by atoms with van der Waals surface area (Å²) >= 11 is 0. The summed E-state index contributed by atoms with van der Waals surface area (Å²) in [5, 5.41) is 3.58. The molecule has 114 valence electrons. The molecule has 0 aromatic heterocycles. The molecule has 1 N–H and O–H groups in total. The molecule has 0 radical (unpaired) electrons. The van der Waals surface area contributed by atoms with Gasteiger partial charge >= 0.3 is 0 Å². The zero-order chi connectivity index (χ0) is 14.1. The maximum absolute atomic E-state index is 5.58. The van der Waals surface area contributed by atoms with E-state index in [9.17, 15) is 0 Å². The van der Waals surface area contributed by atoms with Crippen molar-refractivity contribution in [3.8, 4) is 0 Å². The third kappa shape index (κ3) is 2.69. The van der Waals surface area contributed by atoms with Crippen molar-refractivity contribution in [1.82, 2.24) is 4.90 Å². The third-order valence-corrected chi connectivity index (χ3v) is 5.62. The zero-order valence-corrected chi connectivity index (χ0v) is 12.9. The highest BCUT2D eigenvalue weighted by molar-refractivity contribution is 5.61. The van der Waals surface area contributed by atoms with Crippen LogP contribution in [-0.4, -0.2) is 37.7 Å². The monoisotopic (exact) mass is 286 g/mol. The molecule has 0 unspecified atom stereocenters. The first-order chi connectivity index (χ1) is 10.3. The van der Waals surface area contributed by atoms with E-state index in [1.165, 1.54) is 62.0 Å². The summed E-state index contributed by atoms with van der Waals surface area (Å²) < 4.78 is 5.58. The molecule has 0 bridgehead atoms. The van der Waals surface area contributed by atoms with E-state index in [4.69, 9.17) is 4.74 Å². The summed E-state index contributed by atoms with van der Waals surface area (Å²) in [5.74, 6) is 0. The second kappa shape index (κ2) is 5.62. The van der Waals surface area contributed by atoms with E-state index in [0.717, 1.165) is 26.3 Å². The lowest BCUT2D eigenvalue weighted by atomic mass is 9.74. The van der Waals surface area contributed by atoms with Crippen LogP contribution in [0.1, 0.15) is 36.8 Å². The van der Waals surface area contributed by atoms with Gasteiger partial charge in [-0.15, -0.1) is 0 Å². The van der Waals surface area contributed by atoms with Gasteiger partial charge in [-0.1, -0.05) is 18.2 Å². The van der Waals surface area contributed by atoms with E-state index >= 15 is 0 Å². The van der Waals surface area contributed by atoms with Crippen LogP contribution in [-0.2, 0) is 17.7 Å². The second-order valence-corrected chi connectivity index (χ2v) is 7.05. The Kier molecular flexibility index (Phi) is 3.64. The maximum atomic E-state index is 5.58. The molecule has 2 saturated heterocycles. The van der Waals surface area contributed by atoms with Crippen LogP contribution in [0.3, 0.4) is 0 Å². The van der Waals surface area contributed by atoms with Crippen LogP contribution in [0.25, 0.3) is 0 Å². The average molecular weight is 286 g/mol. The molecule has 1 spiro atoms. The first kappa shape index (κ1) is 13.6. The molecule has 3 aliphatic rings. The van der Waals surface area contributed by atoms with Gasteiger partial charge in [-0.3, -0.25) is 4.90 Å². The number of benzene rings is 1. The number of likely N-dealkylation sites (tertiary alicyclic amines) is 1. The molecule has 3 heteroatoms. The Balaban J connectivity index is 1.48. The van der Waals surface area contributed by atoms with Gasteiger partial charge < -0.3 is 10.1 Å². The fraction of sp³-hybridized carbons (Fsp3) is 0.667. The molecule has 3 aliphatic heterocycles. The molecule has 0 saturated carbocycles. The summed E-state index contributed by atoms with van der Waals surface area (Å²) in [7, 11) is 0. The number of rotatable bonds is 2. The molecule has 0 amide bonds. The molecule has 0 aliphatic carbocycles. The standard InChI is InChI=1S/C18H26N2O/c1-3-15-5-9-19-17(15)16(4-1)13-20-10-2-6-18(14-20)7-11-21-12-8-18/h1,3-4,19H,2,5-14H2. The Hall–Kier alpha value is -1.06. The maximum Gasteiger partial charge on any atom is 0.0471 e. The Morgan fingerprint density at radius 3 is 3.00 bits per heavy atom. The van der Waals surface area contributed by atoms with Crippen molar-refractivity contribution in [1.29, 1.82) is 0 Å². The van der Waals surface area contributed by atoms with Crippen LogP contribution >= 0.6 is 0 Å². The molecule has 3 nitrogen and oxygen atoms in total. The van der Waals surface area contributed by atoms with Gasteiger partial charge in [-0.05, 0) is 55.2 Å². The van der Waals surface area contributed by atoms with Gasteiger partial charge in [-0.25, -0.2) is 0 Å². The predicted octanol–water partition coefficient (Wildman–Crippen LogP) is 3.05. The number of fused-ring (bicyclic) bond motifs is 1. The fourth-order valence-electron chi connectivity index (χ4n) is 4.44. The minimum atomic E-state index is 0.544. The molecule has 21 heavy (non-hydrogen) atoms. The van der Waals surface area contributed by atoms with Crippen LogP contribution in [0.2, 0.25) is 0 Å². The third-order valence-electron chi connectivity index (χ3n) is 5.62. The van der Waals surface area contributed by atoms with Gasteiger partial charge in [0.1, 0.15) is 0 Å². The molecule has 1 aromatic rings. The largest absolute Gasteiger partial charge is 0.384 e. The number of nitrogens with one attached hydrogen (secondary N) is 1. The lowest BCUT2D eigenvalue weighted by Gasteiger charge is -2.45. The van der Waals surface area contributed by atoms with Crippen LogP contribution in [0.5, 0.6) is 0 Å². The van der Waals surface area contributed by atoms with Gasteiger partial charge in [-0.2, -0.15) is 0 Å². The summed E-state index contributed by atoms with van der Waals surface area (Å²) in [6.45, 7) is 6.67. The number of hydrogen-bond donors (Lipinski definition) is 1. The van der Waals surface area contributed by atoms with Crippen molar-refractivity contribution in [3.63, 3.8) is 0 Å². The van der Waals surface area contributed by atoms with E-state index in [2.05, 4.69) is 28.4 Å². The minimum absolute atomic E-state index is 0.544. The second-order valence-electron chi connectivity index (χ2n) is 7.05. The lowest BCUT2D eigenvalue weighted by Crippen LogP contribution is -2.45. The number of piperidine rings is 1. The predicted molar refractivity (Wildman–Crippen MR) is 85.6 cm³/mol.